The van der Waals surface area contributed by atoms with E-state index in [1.165, 1.54) is 14.2 Å². The molecule has 0 aliphatic heterocycles. The zero-order valence-electron chi connectivity index (χ0n) is 16.0. The molecule has 0 bridgehead atoms. The molecule has 10 heteroatoms. The third-order valence-electron chi connectivity index (χ3n) is 3.96. The minimum absolute atomic E-state index is 0.0396. The highest BCUT2D eigenvalue weighted by atomic mass is 19.4. The second kappa shape index (κ2) is 8.96. The molecule has 1 heterocycles. The van der Waals surface area contributed by atoms with Crippen LogP contribution in [0.2, 0.25) is 0 Å². The van der Waals surface area contributed by atoms with Gasteiger partial charge >= 0.3 is 6.18 Å². The molecule has 28 heavy (non-hydrogen) atoms. The maximum atomic E-state index is 13.3. The first-order valence-corrected chi connectivity index (χ1v) is 8.50. The van der Waals surface area contributed by atoms with Gasteiger partial charge in [0.05, 0.1) is 26.9 Å². The minimum Gasteiger partial charge on any atom is -0.497 e. The summed E-state index contributed by atoms with van der Waals surface area (Å²) in [7, 11) is 2.93. The number of ether oxygens (including phenoxy) is 2. The molecule has 0 spiro atoms. The Morgan fingerprint density at radius 3 is 2.11 bits per heavy atom. The second-order valence-electron chi connectivity index (χ2n) is 6.36. The predicted octanol–water partition coefficient (Wildman–Crippen LogP) is 3.69. The van der Waals surface area contributed by atoms with Crippen LogP contribution in [0.3, 0.4) is 0 Å². The molecule has 0 aliphatic carbocycles. The fraction of sp³-hybridized carbons (Fsp3) is 0.444. The van der Waals surface area contributed by atoms with Crippen molar-refractivity contribution < 1.29 is 27.8 Å². The summed E-state index contributed by atoms with van der Waals surface area (Å²) in [5.41, 5.74) is -0.681. The number of nitrogens with one attached hydrogen (secondary N) is 2. The van der Waals surface area contributed by atoms with Crippen molar-refractivity contribution in [3.05, 3.63) is 30.0 Å². The van der Waals surface area contributed by atoms with Gasteiger partial charge in [0, 0.05) is 30.0 Å². The van der Waals surface area contributed by atoms with E-state index < -0.39 is 17.9 Å². The summed E-state index contributed by atoms with van der Waals surface area (Å²) in [4.78, 5) is 7.63. The minimum atomic E-state index is -4.66. The van der Waals surface area contributed by atoms with E-state index in [1.807, 2.05) is 13.8 Å². The number of anilines is 3. The number of methoxy groups -OCH3 is 2. The van der Waals surface area contributed by atoms with E-state index in [1.54, 1.807) is 18.2 Å². The first-order valence-electron chi connectivity index (χ1n) is 8.50. The summed E-state index contributed by atoms with van der Waals surface area (Å²) in [6.07, 6.45) is -4.66. The highest BCUT2D eigenvalue weighted by Gasteiger charge is 2.34. The van der Waals surface area contributed by atoms with E-state index in [2.05, 4.69) is 20.6 Å². The van der Waals surface area contributed by atoms with Crippen molar-refractivity contribution in [1.29, 1.82) is 0 Å². The molecule has 0 fully saturated rings. The van der Waals surface area contributed by atoms with E-state index in [9.17, 15) is 18.3 Å². The zero-order valence-corrected chi connectivity index (χ0v) is 16.0. The lowest BCUT2D eigenvalue weighted by Crippen LogP contribution is -2.30. The molecule has 154 valence electrons. The predicted molar refractivity (Wildman–Crippen MR) is 99.2 cm³/mol. The summed E-state index contributed by atoms with van der Waals surface area (Å²) in [6.45, 7) is 3.37. The number of benzene rings is 1. The molecule has 1 aromatic carbocycles. The molecular formula is C18H23F3N4O3. The number of halogens is 3. The van der Waals surface area contributed by atoms with Gasteiger partial charge in [0.25, 0.3) is 0 Å². The number of nitrogens with zero attached hydrogens (tertiary/aromatic N) is 2. The number of hydrogen-bond acceptors (Lipinski definition) is 7. The van der Waals surface area contributed by atoms with Crippen LogP contribution in [0.25, 0.3) is 0 Å². The molecule has 2 aromatic rings. The Morgan fingerprint density at radius 1 is 1.04 bits per heavy atom. The Kier molecular flexibility index (Phi) is 6.90. The van der Waals surface area contributed by atoms with Crippen LogP contribution < -0.4 is 20.1 Å². The molecule has 1 atom stereocenters. The number of aromatic nitrogens is 2. The van der Waals surface area contributed by atoms with Gasteiger partial charge in [-0.15, -0.1) is 0 Å². The van der Waals surface area contributed by atoms with Crippen molar-refractivity contribution in [2.45, 2.75) is 26.1 Å². The van der Waals surface area contributed by atoms with E-state index in [-0.39, 0.29) is 24.3 Å². The van der Waals surface area contributed by atoms with Gasteiger partial charge < -0.3 is 25.2 Å². The number of rotatable bonds is 8. The van der Waals surface area contributed by atoms with E-state index >= 15 is 0 Å². The fourth-order valence-electron chi connectivity index (χ4n) is 2.34. The SMILES string of the molecule is COc1cc(Nc2cc(C(F)(F)F)nc(N[C@@H](CO)C(C)C)n2)cc(OC)c1. The Hall–Kier alpha value is -2.75. The Morgan fingerprint density at radius 2 is 1.64 bits per heavy atom. The monoisotopic (exact) mass is 400 g/mol. The number of aliphatic hydroxyl groups excluding tert-OH is 1. The normalized spacial score (nSPS) is 12.6. The molecular weight excluding hydrogens is 377 g/mol. The van der Waals surface area contributed by atoms with Crippen molar-refractivity contribution in [2.24, 2.45) is 5.92 Å². The molecule has 0 amide bonds. The first kappa shape index (κ1) is 21.5. The molecule has 0 radical (unpaired) electrons. The van der Waals surface area contributed by atoms with Crippen molar-refractivity contribution in [3.8, 4) is 11.5 Å². The van der Waals surface area contributed by atoms with Crippen molar-refractivity contribution in [3.63, 3.8) is 0 Å². The third kappa shape index (κ3) is 5.62. The lowest BCUT2D eigenvalue weighted by Gasteiger charge is -2.21. The summed E-state index contributed by atoms with van der Waals surface area (Å²) in [6, 6.07) is 5.13. The number of hydrogen-bond donors (Lipinski definition) is 3. The van der Waals surface area contributed by atoms with Crippen LogP contribution in [0.4, 0.5) is 30.6 Å². The van der Waals surface area contributed by atoms with Crippen LogP contribution >= 0.6 is 0 Å². The second-order valence-corrected chi connectivity index (χ2v) is 6.36. The number of alkyl halides is 3. The van der Waals surface area contributed by atoms with Gasteiger partial charge in [-0.1, -0.05) is 13.8 Å². The molecule has 0 saturated carbocycles. The first-order chi connectivity index (χ1) is 13.2. The lowest BCUT2D eigenvalue weighted by atomic mass is 10.1. The van der Waals surface area contributed by atoms with E-state index in [0.29, 0.717) is 17.2 Å². The van der Waals surface area contributed by atoms with Gasteiger partial charge in [0.15, 0.2) is 5.69 Å². The van der Waals surface area contributed by atoms with Crippen LogP contribution in [0.15, 0.2) is 24.3 Å². The maximum absolute atomic E-state index is 13.3. The van der Waals surface area contributed by atoms with Gasteiger partial charge in [0.1, 0.15) is 17.3 Å². The molecule has 0 aliphatic rings. The third-order valence-corrected chi connectivity index (χ3v) is 3.96. The zero-order chi connectivity index (χ0) is 20.9. The van der Waals surface area contributed by atoms with Gasteiger partial charge in [-0.05, 0) is 5.92 Å². The molecule has 0 unspecified atom stereocenters. The van der Waals surface area contributed by atoms with E-state index in [4.69, 9.17) is 9.47 Å². The topological polar surface area (TPSA) is 88.5 Å². The largest absolute Gasteiger partial charge is 0.497 e. The van der Waals surface area contributed by atoms with Crippen LogP contribution in [-0.4, -0.2) is 41.9 Å². The van der Waals surface area contributed by atoms with Gasteiger partial charge in [-0.2, -0.15) is 18.2 Å². The van der Waals surface area contributed by atoms with Gasteiger partial charge in [0.2, 0.25) is 5.95 Å². The van der Waals surface area contributed by atoms with Crippen LogP contribution in [0.1, 0.15) is 19.5 Å². The van der Waals surface area contributed by atoms with Crippen molar-refractivity contribution in [2.75, 3.05) is 31.5 Å². The fourth-order valence-corrected chi connectivity index (χ4v) is 2.34. The molecule has 0 saturated heterocycles. The Labute approximate surface area is 160 Å². The van der Waals surface area contributed by atoms with E-state index in [0.717, 1.165) is 6.07 Å². The smallest absolute Gasteiger partial charge is 0.433 e. The average molecular weight is 400 g/mol. The molecule has 3 N–H and O–H groups in total. The Bertz CT molecular complexity index is 778. The molecule has 2 rings (SSSR count). The quantitative estimate of drug-likeness (QED) is 0.623. The highest BCUT2D eigenvalue weighted by Crippen LogP contribution is 2.32. The van der Waals surface area contributed by atoms with Crippen LogP contribution in [-0.2, 0) is 6.18 Å². The standard InChI is InChI=1S/C18H23F3N4O3/c1-10(2)14(9-26)23-17-24-15(18(19,20)21)8-16(25-17)22-11-5-12(27-3)7-13(6-11)28-4/h5-8,10,14,26H,9H2,1-4H3,(H2,22,23,24,25)/t14-/m0/s1. The number of aliphatic hydroxyl groups is 1. The summed E-state index contributed by atoms with van der Waals surface area (Å²) < 4.78 is 50.1. The average Bonchev–Trinajstić information content (AvgIpc) is 2.64. The lowest BCUT2D eigenvalue weighted by molar-refractivity contribution is -0.141. The van der Waals surface area contributed by atoms with Crippen LogP contribution in [0.5, 0.6) is 11.5 Å². The highest BCUT2D eigenvalue weighted by molar-refractivity contribution is 5.62. The molecule has 1 aromatic heterocycles. The van der Waals surface area contributed by atoms with Crippen LogP contribution in [0, 0.1) is 5.92 Å². The Balaban J connectivity index is 2.41. The van der Waals surface area contributed by atoms with Gasteiger partial charge in [-0.25, -0.2) is 4.98 Å². The van der Waals surface area contributed by atoms with Crippen molar-refractivity contribution >= 4 is 17.5 Å². The van der Waals surface area contributed by atoms with Crippen molar-refractivity contribution in [1.82, 2.24) is 9.97 Å². The molecule has 7 nitrogen and oxygen atoms in total. The maximum Gasteiger partial charge on any atom is 0.433 e. The summed E-state index contributed by atoms with van der Waals surface area (Å²) in [5.74, 6) is 0.582. The summed E-state index contributed by atoms with van der Waals surface area (Å²) >= 11 is 0. The summed E-state index contributed by atoms with van der Waals surface area (Å²) in [5, 5.41) is 15.0. The van der Waals surface area contributed by atoms with Gasteiger partial charge in [-0.3, -0.25) is 0 Å².